The maximum atomic E-state index is 6.12. The molecule has 1 N–H and O–H groups in total. The monoisotopic (exact) mass is 317 g/mol. The first-order valence-electron chi connectivity index (χ1n) is 7.83. The van der Waals surface area contributed by atoms with Crippen LogP contribution in [0.4, 0.5) is 5.69 Å². The molecule has 1 atom stereocenters. The molecular weight excluding hydrogens is 294 g/mol. The molecule has 0 fully saturated rings. The highest BCUT2D eigenvalue weighted by atomic mass is 35.5. The van der Waals surface area contributed by atoms with Crippen molar-refractivity contribution in [2.75, 3.05) is 18.5 Å². The predicted octanol–water partition coefficient (Wildman–Crippen LogP) is 5.65. The number of anilines is 1. The normalized spacial score (nSPS) is 12.0. The lowest BCUT2D eigenvalue weighted by Gasteiger charge is -2.16. The standard InChI is InChI=1S/C19H24ClNO/c1-4-14(2)17-7-5-6-8-19(17)22-12-11-21-16-10-9-15(3)18(20)13-16/h5-10,13-14,21H,4,11-12H2,1-3H3. The lowest BCUT2D eigenvalue weighted by atomic mass is 9.98. The van der Waals surface area contributed by atoms with Gasteiger partial charge in [0.1, 0.15) is 12.4 Å². The van der Waals surface area contributed by atoms with Crippen molar-refractivity contribution < 1.29 is 4.74 Å². The van der Waals surface area contributed by atoms with Crippen molar-refractivity contribution in [1.82, 2.24) is 0 Å². The number of rotatable bonds is 7. The second kappa shape index (κ2) is 8.09. The Morgan fingerprint density at radius 1 is 1.18 bits per heavy atom. The fourth-order valence-electron chi connectivity index (χ4n) is 2.30. The highest BCUT2D eigenvalue weighted by Crippen LogP contribution is 2.28. The minimum atomic E-state index is 0.514. The summed E-state index contributed by atoms with van der Waals surface area (Å²) in [5.74, 6) is 1.50. The van der Waals surface area contributed by atoms with Gasteiger partial charge in [0.05, 0.1) is 0 Å². The van der Waals surface area contributed by atoms with E-state index >= 15 is 0 Å². The van der Waals surface area contributed by atoms with Crippen molar-refractivity contribution in [3.05, 3.63) is 58.6 Å². The van der Waals surface area contributed by atoms with Crippen LogP contribution in [0, 0.1) is 6.92 Å². The van der Waals surface area contributed by atoms with Crippen molar-refractivity contribution in [1.29, 1.82) is 0 Å². The summed E-state index contributed by atoms with van der Waals surface area (Å²) in [5.41, 5.74) is 3.39. The molecule has 3 heteroatoms. The molecule has 0 saturated heterocycles. The first-order chi connectivity index (χ1) is 10.6. The fourth-order valence-corrected chi connectivity index (χ4v) is 2.48. The Kier molecular flexibility index (Phi) is 6.14. The Balaban J connectivity index is 1.87. The zero-order valence-electron chi connectivity index (χ0n) is 13.5. The number of nitrogens with one attached hydrogen (secondary N) is 1. The lowest BCUT2D eigenvalue weighted by molar-refractivity contribution is 0.327. The molecule has 0 bridgehead atoms. The minimum Gasteiger partial charge on any atom is -0.491 e. The maximum absolute atomic E-state index is 6.12. The van der Waals surface area contributed by atoms with E-state index in [0.717, 1.165) is 35.0 Å². The molecule has 0 aromatic heterocycles. The van der Waals surface area contributed by atoms with Crippen LogP contribution in [-0.2, 0) is 0 Å². The summed E-state index contributed by atoms with van der Waals surface area (Å²) in [6.45, 7) is 7.80. The highest BCUT2D eigenvalue weighted by Gasteiger charge is 2.09. The smallest absolute Gasteiger partial charge is 0.122 e. The van der Waals surface area contributed by atoms with Crippen LogP contribution in [0.2, 0.25) is 5.02 Å². The molecule has 118 valence electrons. The third kappa shape index (κ3) is 4.41. The Labute approximate surface area is 138 Å². The minimum absolute atomic E-state index is 0.514. The Morgan fingerprint density at radius 3 is 2.68 bits per heavy atom. The van der Waals surface area contributed by atoms with E-state index < -0.39 is 0 Å². The summed E-state index contributed by atoms with van der Waals surface area (Å²) in [5, 5.41) is 4.12. The Hall–Kier alpha value is -1.67. The zero-order valence-corrected chi connectivity index (χ0v) is 14.3. The largest absolute Gasteiger partial charge is 0.491 e. The molecule has 0 aliphatic heterocycles. The number of halogens is 1. The lowest BCUT2D eigenvalue weighted by Crippen LogP contribution is -2.12. The number of ether oxygens (including phenoxy) is 1. The Bertz CT molecular complexity index is 612. The third-order valence-electron chi connectivity index (χ3n) is 3.92. The summed E-state index contributed by atoms with van der Waals surface area (Å²) in [4.78, 5) is 0. The summed E-state index contributed by atoms with van der Waals surface area (Å²) < 4.78 is 5.94. The van der Waals surface area contributed by atoms with E-state index in [1.807, 2.05) is 37.3 Å². The zero-order chi connectivity index (χ0) is 15.9. The number of aryl methyl sites for hydroxylation is 1. The van der Waals surface area contributed by atoms with Crippen LogP contribution in [0.5, 0.6) is 5.75 Å². The molecule has 22 heavy (non-hydrogen) atoms. The van der Waals surface area contributed by atoms with E-state index in [4.69, 9.17) is 16.3 Å². The van der Waals surface area contributed by atoms with Crippen LogP contribution < -0.4 is 10.1 Å². The molecule has 0 radical (unpaired) electrons. The van der Waals surface area contributed by atoms with Gasteiger partial charge in [-0.2, -0.15) is 0 Å². The number of hydrogen-bond donors (Lipinski definition) is 1. The van der Waals surface area contributed by atoms with Gasteiger partial charge in [-0.1, -0.05) is 49.7 Å². The quantitative estimate of drug-likeness (QED) is 0.666. The van der Waals surface area contributed by atoms with Crippen LogP contribution in [0.3, 0.4) is 0 Å². The van der Waals surface area contributed by atoms with E-state index in [0.29, 0.717) is 12.5 Å². The molecule has 2 nitrogen and oxygen atoms in total. The Morgan fingerprint density at radius 2 is 1.95 bits per heavy atom. The highest BCUT2D eigenvalue weighted by molar-refractivity contribution is 6.31. The molecular formula is C19H24ClNO. The molecule has 2 rings (SSSR count). The van der Waals surface area contributed by atoms with Crippen molar-refractivity contribution >= 4 is 17.3 Å². The van der Waals surface area contributed by atoms with Gasteiger partial charge in [-0.15, -0.1) is 0 Å². The van der Waals surface area contributed by atoms with Gasteiger partial charge in [-0.05, 0) is 48.6 Å². The summed E-state index contributed by atoms with van der Waals surface area (Å²) in [6.07, 6.45) is 1.11. The van der Waals surface area contributed by atoms with Gasteiger partial charge in [0.15, 0.2) is 0 Å². The molecule has 0 heterocycles. The summed E-state index contributed by atoms with van der Waals surface area (Å²) in [6, 6.07) is 14.3. The van der Waals surface area contributed by atoms with E-state index in [1.165, 1.54) is 5.56 Å². The van der Waals surface area contributed by atoms with Crippen molar-refractivity contribution in [2.45, 2.75) is 33.1 Å². The van der Waals surface area contributed by atoms with E-state index in [2.05, 4.69) is 31.3 Å². The molecule has 0 aliphatic carbocycles. The topological polar surface area (TPSA) is 21.3 Å². The number of para-hydroxylation sites is 1. The maximum Gasteiger partial charge on any atom is 0.122 e. The number of hydrogen-bond acceptors (Lipinski definition) is 2. The molecule has 2 aromatic carbocycles. The van der Waals surface area contributed by atoms with Gasteiger partial charge in [-0.3, -0.25) is 0 Å². The van der Waals surface area contributed by atoms with Gasteiger partial charge < -0.3 is 10.1 Å². The van der Waals surface area contributed by atoms with Crippen molar-refractivity contribution in [3.63, 3.8) is 0 Å². The van der Waals surface area contributed by atoms with E-state index in [1.54, 1.807) is 0 Å². The van der Waals surface area contributed by atoms with Gasteiger partial charge in [-0.25, -0.2) is 0 Å². The summed E-state index contributed by atoms with van der Waals surface area (Å²) in [7, 11) is 0. The first kappa shape index (κ1) is 16.7. The van der Waals surface area contributed by atoms with Crippen LogP contribution in [0.15, 0.2) is 42.5 Å². The van der Waals surface area contributed by atoms with Crippen LogP contribution >= 0.6 is 11.6 Å². The first-order valence-corrected chi connectivity index (χ1v) is 8.21. The van der Waals surface area contributed by atoms with Crippen molar-refractivity contribution in [3.8, 4) is 5.75 Å². The van der Waals surface area contributed by atoms with E-state index in [-0.39, 0.29) is 0 Å². The molecule has 1 unspecified atom stereocenters. The van der Waals surface area contributed by atoms with E-state index in [9.17, 15) is 0 Å². The van der Waals surface area contributed by atoms with Gasteiger partial charge in [0.2, 0.25) is 0 Å². The summed E-state index contributed by atoms with van der Waals surface area (Å²) >= 11 is 6.12. The van der Waals surface area contributed by atoms with Gasteiger partial charge in [0.25, 0.3) is 0 Å². The fraction of sp³-hybridized carbons (Fsp3) is 0.368. The third-order valence-corrected chi connectivity index (χ3v) is 4.33. The molecule has 2 aromatic rings. The molecule has 0 spiro atoms. The average Bonchev–Trinajstić information content (AvgIpc) is 2.54. The van der Waals surface area contributed by atoms with Gasteiger partial charge >= 0.3 is 0 Å². The second-order valence-electron chi connectivity index (χ2n) is 5.59. The van der Waals surface area contributed by atoms with Crippen molar-refractivity contribution in [2.24, 2.45) is 0 Å². The molecule has 0 saturated carbocycles. The molecule has 0 aliphatic rings. The SMILES string of the molecule is CCC(C)c1ccccc1OCCNc1ccc(C)c(Cl)c1. The van der Waals surface area contributed by atoms with Crippen LogP contribution in [0.1, 0.15) is 37.3 Å². The predicted molar refractivity (Wildman–Crippen MR) is 95.3 cm³/mol. The average molecular weight is 318 g/mol. The van der Waals surface area contributed by atoms with Crippen LogP contribution in [0.25, 0.3) is 0 Å². The number of benzene rings is 2. The van der Waals surface area contributed by atoms with Gasteiger partial charge in [0, 0.05) is 17.3 Å². The van der Waals surface area contributed by atoms with Crippen LogP contribution in [-0.4, -0.2) is 13.2 Å². The molecule has 0 amide bonds. The second-order valence-corrected chi connectivity index (χ2v) is 5.99.